The minimum Gasteiger partial charge on any atom is -0.323 e. The van der Waals surface area contributed by atoms with Crippen LogP contribution in [0.15, 0.2) is 95.2 Å². The Balaban J connectivity index is 1.68. The van der Waals surface area contributed by atoms with Crippen LogP contribution in [0.5, 0.6) is 0 Å². The van der Waals surface area contributed by atoms with E-state index in [0.29, 0.717) is 0 Å². The number of rotatable bonds is 5. The highest BCUT2D eigenvalue weighted by molar-refractivity contribution is 8.76. The van der Waals surface area contributed by atoms with Crippen molar-refractivity contribution in [2.24, 2.45) is 0 Å². The summed E-state index contributed by atoms with van der Waals surface area (Å²) in [6.07, 6.45) is 8.42. The first kappa shape index (κ1) is 17.1. The molecule has 130 valence electrons. The van der Waals surface area contributed by atoms with Gasteiger partial charge in [-0.15, -0.1) is 0 Å². The number of aryl methyl sites for hydroxylation is 2. The van der Waals surface area contributed by atoms with Gasteiger partial charge in [0.2, 0.25) is 0 Å². The van der Waals surface area contributed by atoms with E-state index >= 15 is 0 Å². The van der Waals surface area contributed by atoms with Gasteiger partial charge in [-0.05, 0) is 61.4 Å². The molecule has 4 aromatic rings. The molecule has 0 saturated heterocycles. The molecule has 0 spiro atoms. The third kappa shape index (κ3) is 3.35. The van der Waals surface area contributed by atoms with Crippen LogP contribution in [0.2, 0.25) is 0 Å². The summed E-state index contributed by atoms with van der Waals surface area (Å²) >= 11 is 0. The zero-order valence-electron chi connectivity index (χ0n) is 14.8. The lowest BCUT2D eigenvalue weighted by molar-refractivity contribution is 1.02. The van der Waals surface area contributed by atoms with Gasteiger partial charge in [-0.25, -0.2) is 0 Å². The lowest BCUT2D eigenvalue weighted by Gasteiger charge is -2.15. The van der Waals surface area contributed by atoms with Crippen LogP contribution in [-0.2, 0) is 0 Å². The molecule has 0 N–H and O–H groups in total. The molecular weight excluding hydrogens is 356 g/mol. The second-order valence-corrected chi connectivity index (χ2v) is 8.40. The van der Waals surface area contributed by atoms with E-state index < -0.39 is 0 Å². The summed E-state index contributed by atoms with van der Waals surface area (Å²) in [6, 6.07) is 21.3. The van der Waals surface area contributed by atoms with E-state index in [4.69, 9.17) is 0 Å². The number of benzene rings is 2. The lowest BCUT2D eigenvalue weighted by atomic mass is 10.2. The summed E-state index contributed by atoms with van der Waals surface area (Å²) in [7, 11) is 3.63. The van der Waals surface area contributed by atoms with Crippen molar-refractivity contribution in [3.05, 3.63) is 96.6 Å². The highest BCUT2D eigenvalue weighted by Gasteiger charge is 2.12. The SMILES string of the molecule is Cc1cccc(SSc2cccc(C)c2-n2cccc2)c1-n1cccc1. The van der Waals surface area contributed by atoms with Crippen molar-refractivity contribution in [3.8, 4) is 11.4 Å². The molecule has 0 atom stereocenters. The largest absolute Gasteiger partial charge is 0.323 e. The molecule has 26 heavy (non-hydrogen) atoms. The van der Waals surface area contributed by atoms with Crippen LogP contribution in [0, 0.1) is 13.8 Å². The number of hydrogen-bond acceptors (Lipinski definition) is 2. The average molecular weight is 377 g/mol. The Morgan fingerprint density at radius 1 is 0.538 bits per heavy atom. The van der Waals surface area contributed by atoms with Crippen LogP contribution in [0.3, 0.4) is 0 Å². The fourth-order valence-corrected chi connectivity index (χ4v) is 5.60. The zero-order chi connectivity index (χ0) is 17.9. The molecule has 2 heterocycles. The molecule has 2 nitrogen and oxygen atoms in total. The van der Waals surface area contributed by atoms with Gasteiger partial charge in [-0.1, -0.05) is 45.9 Å². The maximum atomic E-state index is 2.20. The number of nitrogens with zero attached hydrogens (tertiary/aromatic N) is 2. The molecule has 0 radical (unpaired) electrons. The van der Waals surface area contributed by atoms with Crippen molar-refractivity contribution < 1.29 is 0 Å². The highest BCUT2D eigenvalue weighted by Crippen LogP contribution is 2.43. The fourth-order valence-electron chi connectivity index (χ4n) is 3.12. The van der Waals surface area contributed by atoms with Crippen LogP contribution in [-0.4, -0.2) is 9.13 Å². The molecule has 0 amide bonds. The van der Waals surface area contributed by atoms with Crippen molar-refractivity contribution in [1.82, 2.24) is 9.13 Å². The topological polar surface area (TPSA) is 9.86 Å². The number of aromatic nitrogens is 2. The Hall–Kier alpha value is -2.30. The van der Waals surface area contributed by atoms with Gasteiger partial charge < -0.3 is 9.13 Å². The van der Waals surface area contributed by atoms with Gasteiger partial charge in [0.25, 0.3) is 0 Å². The molecule has 0 unspecified atom stereocenters. The molecule has 0 aliphatic carbocycles. The van der Waals surface area contributed by atoms with Crippen molar-refractivity contribution >= 4 is 21.6 Å². The molecule has 0 bridgehead atoms. The second kappa shape index (κ2) is 7.52. The maximum absolute atomic E-state index is 2.20. The molecule has 2 aromatic carbocycles. The van der Waals surface area contributed by atoms with Gasteiger partial charge in [0.1, 0.15) is 0 Å². The Bertz CT molecular complexity index is 919. The Labute approximate surface area is 162 Å². The molecule has 4 rings (SSSR count). The minimum absolute atomic E-state index is 1.25. The summed E-state index contributed by atoms with van der Waals surface area (Å²) in [5, 5.41) is 0. The smallest absolute Gasteiger partial charge is 0.0623 e. The summed E-state index contributed by atoms with van der Waals surface area (Å²) in [5.41, 5.74) is 5.07. The van der Waals surface area contributed by atoms with Gasteiger partial charge in [-0.3, -0.25) is 0 Å². The molecule has 0 aliphatic rings. The zero-order valence-corrected chi connectivity index (χ0v) is 16.4. The van der Waals surface area contributed by atoms with Gasteiger partial charge in [0.05, 0.1) is 11.4 Å². The molecule has 0 fully saturated rings. The van der Waals surface area contributed by atoms with E-state index in [1.54, 1.807) is 0 Å². The van der Waals surface area contributed by atoms with Gasteiger partial charge in [0, 0.05) is 34.6 Å². The number of hydrogen-bond donors (Lipinski definition) is 0. The average Bonchev–Trinajstić information content (AvgIpc) is 3.34. The monoisotopic (exact) mass is 376 g/mol. The first-order valence-corrected chi connectivity index (χ1v) is 10.7. The first-order chi connectivity index (χ1) is 12.7. The van der Waals surface area contributed by atoms with E-state index in [-0.39, 0.29) is 0 Å². The van der Waals surface area contributed by atoms with Crippen LogP contribution < -0.4 is 0 Å². The Morgan fingerprint density at radius 3 is 1.31 bits per heavy atom. The van der Waals surface area contributed by atoms with E-state index in [2.05, 4.69) is 108 Å². The fraction of sp³-hybridized carbons (Fsp3) is 0.0909. The third-order valence-corrected chi connectivity index (χ3v) is 6.78. The molecule has 0 aliphatic heterocycles. The van der Waals surface area contributed by atoms with Gasteiger partial charge in [-0.2, -0.15) is 0 Å². The Kier molecular flexibility index (Phi) is 4.96. The number of para-hydroxylation sites is 2. The van der Waals surface area contributed by atoms with E-state index in [1.807, 2.05) is 21.6 Å². The van der Waals surface area contributed by atoms with E-state index in [1.165, 1.54) is 32.3 Å². The highest BCUT2D eigenvalue weighted by atomic mass is 33.1. The standard InChI is InChI=1S/C22H20N2S2/c1-17-9-7-11-19(21(17)23-13-3-4-14-23)25-26-20-12-8-10-18(2)22(20)24-15-5-6-16-24/h3-16H,1-2H3. The molecule has 0 saturated carbocycles. The van der Waals surface area contributed by atoms with E-state index in [0.717, 1.165) is 0 Å². The summed E-state index contributed by atoms with van der Waals surface area (Å²) in [6.45, 7) is 4.34. The van der Waals surface area contributed by atoms with Crippen LogP contribution in [0.25, 0.3) is 11.4 Å². The molecule has 4 heteroatoms. The lowest BCUT2D eigenvalue weighted by Crippen LogP contribution is -1.97. The summed E-state index contributed by atoms with van der Waals surface area (Å²) < 4.78 is 4.39. The van der Waals surface area contributed by atoms with Crippen molar-refractivity contribution in [2.45, 2.75) is 23.6 Å². The first-order valence-electron chi connectivity index (χ1n) is 8.54. The maximum Gasteiger partial charge on any atom is 0.0623 e. The van der Waals surface area contributed by atoms with Gasteiger partial charge >= 0.3 is 0 Å². The van der Waals surface area contributed by atoms with Crippen molar-refractivity contribution in [3.63, 3.8) is 0 Å². The Morgan fingerprint density at radius 2 is 0.923 bits per heavy atom. The van der Waals surface area contributed by atoms with Gasteiger partial charge in [0.15, 0.2) is 0 Å². The normalized spacial score (nSPS) is 11.0. The predicted octanol–water partition coefficient (Wildman–Crippen LogP) is 6.68. The van der Waals surface area contributed by atoms with E-state index in [9.17, 15) is 0 Å². The summed E-state index contributed by atoms with van der Waals surface area (Å²) in [4.78, 5) is 2.54. The van der Waals surface area contributed by atoms with Crippen molar-refractivity contribution in [2.75, 3.05) is 0 Å². The van der Waals surface area contributed by atoms with Crippen LogP contribution >= 0.6 is 21.6 Å². The van der Waals surface area contributed by atoms with Crippen LogP contribution in [0.1, 0.15) is 11.1 Å². The van der Waals surface area contributed by atoms with Crippen molar-refractivity contribution in [1.29, 1.82) is 0 Å². The predicted molar refractivity (Wildman–Crippen MR) is 113 cm³/mol. The molecule has 2 aromatic heterocycles. The third-order valence-electron chi connectivity index (χ3n) is 4.35. The molecular formula is C22H20N2S2. The van der Waals surface area contributed by atoms with Crippen LogP contribution in [0.4, 0.5) is 0 Å². The summed E-state index contributed by atoms with van der Waals surface area (Å²) in [5.74, 6) is 0. The quantitative estimate of drug-likeness (QED) is 0.359. The minimum atomic E-state index is 1.25. The second-order valence-electron chi connectivity index (χ2n) is 6.19.